The Kier molecular flexibility index (Phi) is 6.62. The van der Waals surface area contributed by atoms with Crippen molar-refractivity contribution in [2.24, 2.45) is 5.92 Å². The molecule has 2 aliphatic heterocycles. The third-order valence-electron chi connectivity index (χ3n) is 6.27. The quantitative estimate of drug-likeness (QED) is 0.761. The number of carbonyl (C=O) groups is 1. The van der Waals surface area contributed by atoms with Crippen molar-refractivity contribution in [2.75, 3.05) is 36.4 Å². The highest BCUT2D eigenvalue weighted by molar-refractivity contribution is 7.89. The van der Waals surface area contributed by atoms with Crippen molar-refractivity contribution in [3.8, 4) is 0 Å². The number of carbonyl (C=O) groups excluding carboxylic acids is 1. The van der Waals surface area contributed by atoms with Crippen LogP contribution in [0.1, 0.15) is 37.7 Å². The summed E-state index contributed by atoms with van der Waals surface area (Å²) in [6, 6.07) is 14.8. The largest absolute Gasteiger partial charge is 0.372 e. The molecule has 166 valence electrons. The molecule has 0 aliphatic carbocycles. The van der Waals surface area contributed by atoms with Crippen LogP contribution in [0.2, 0.25) is 0 Å². The summed E-state index contributed by atoms with van der Waals surface area (Å²) in [7, 11) is -3.59. The number of hydrogen-bond donors (Lipinski definition) is 1. The molecule has 1 unspecified atom stereocenters. The van der Waals surface area contributed by atoms with Gasteiger partial charge < -0.3 is 10.2 Å². The Labute approximate surface area is 185 Å². The van der Waals surface area contributed by atoms with Crippen LogP contribution in [-0.4, -0.2) is 44.8 Å². The fourth-order valence-electron chi connectivity index (χ4n) is 4.39. The fourth-order valence-corrected chi connectivity index (χ4v) is 5.91. The number of sulfonamides is 1. The van der Waals surface area contributed by atoms with Crippen LogP contribution in [0.25, 0.3) is 0 Å². The summed E-state index contributed by atoms with van der Waals surface area (Å²) in [6.07, 6.45) is 5.11. The molecule has 2 aromatic rings. The minimum absolute atomic E-state index is 0.116. The van der Waals surface area contributed by atoms with E-state index < -0.39 is 10.0 Å². The number of rotatable bonds is 5. The van der Waals surface area contributed by atoms with Crippen molar-refractivity contribution in [3.63, 3.8) is 0 Å². The predicted octanol–water partition coefficient (Wildman–Crippen LogP) is 4.02. The van der Waals surface area contributed by atoms with Gasteiger partial charge in [0.1, 0.15) is 0 Å². The van der Waals surface area contributed by atoms with Gasteiger partial charge in [-0.25, -0.2) is 8.42 Å². The first-order valence-electron chi connectivity index (χ1n) is 11.2. The zero-order chi connectivity index (χ0) is 21.8. The molecule has 6 nitrogen and oxygen atoms in total. The molecule has 2 heterocycles. The fraction of sp³-hybridized carbons (Fsp3) is 0.458. The zero-order valence-electron chi connectivity index (χ0n) is 18.1. The molecular weight excluding hydrogens is 410 g/mol. The van der Waals surface area contributed by atoms with E-state index in [1.165, 1.54) is 29.3 Å². The first-order valence-corrected chi connectivity index (χ1v) is 12.6. The van der Waals surface area contributed by atoms with Gasteiger partial charge in [0, 0.05) is 37.6 Å². The first kappa shape index (κ1) is 21.8. The molecule has 1 atom stereocenters. The standard InChI is InChI=1S/C24H31N3O3S/c1-19-7-13-23(14-8-19)31(29,30)27-17-5-6-20(18-27)24(28)25-21-9-11-22(12-10-21)26-15-3-2-4-16-26/h7-14,20H,2-6,15-18H2,1H3,(H,25,28). The van der Waals surface area contributed by atoms with Gasteiger partial charge in [-0.3, -0.25) is 4.79 Å². The molecule has 0 aromatic heterocycles. The Hall–Kier alpha value is -2.38. The molecule has 0 saturated carbocycles. The maximum atomic E-state index is 13.0. The summed E-state index contributed by atoms with van der Waals surface area (Å²) in [5, 5.41) is 2.98. The molecule has 4 rings (SSSR count). The van der Waals surface area contributed by atoms with Crippen LogP contribution in [-0.2, 0) is 14.8 Å². The topological polar surface area (TPSA) is 69.7 Å². The van der Waals surface area contributed by atoms with Crippen LogP contribution < -0.4 is 10.2 Å². The van der Waals surface area contributed by atoms with Crippen molar-refractivity contribution in [1.29, 1.82) is 0 Å². The average molecular weight is 442 g/mol. The van der Waals surface area contributed by atoms with Gasteiger partial charge in [-0.2, -0.15) is 4.31 Å². The summed E-state index contributed by atoms with van der Waals surface area (Å²) in [4.78, 5) is 15.5. The summed E-state index contributed by atoms with van der Waals surface area (Å²) in [5.74, 6) is -0.467. The van der Waals surface area contributed by atoms with Crippen LogP contribution in [0.15, 0.2) is 53.4 Å². The van der Waals surface area contributed by atoms with E-state index in [9.17, 15) is 13.2 Å². The van der Waals surface area contributed by atoms with Gasteiger partial charge in [0.25, 0.3) is 0 Å². The van der Waals surface area contributed by atoms with Crippen molar-refractivity contribution in [1.82, 2.24) is 4.31 Å². The maximum Gasteiger partial charge on any atom is 0.243 e. The van der Waals surface area contributed by atoms with Crippen LogP contribution >= 0.6 is 0 Å². The Morgan fingerprint density at radius 1 is 0.903 bits per heavy atom. The number of anilines is 2. The van der Waals surface area contributed by atoms with E-state index in [1.54, 1.807) is 24.3 Å². The molecule has 1 N–H and O–H groups in total. The lowest BCUT2D eigenvalue weighted by molar-refractivity contribution is -0.120. The van der Waals surface area contributed by atoms with Gasteiger partial charge in [-0.15, -0.1) is 0 Å². The molecule has 2 aliphatic rings. The Balaban J connectivity index is 1.39. The molecule has 0 radical (unpaired) electrons. The van der Waals surface area contributed by atoms with Crippen molar-refractivity contribution in [3.05, 3.63) is 54.1 Å². The van der Waals surface area contributed by atoms with Gasteiger partial charge in [0.15, 0.2) is 0 Å². The van der Waals surface area contributed by atoms with Crippen LogP contribution in [0.3, 0.4) is 0 Å². The van der Waals surface area contributed by atoms with E-state index in [1.807, 2.05) is 19.1 Å². The van der Waals surface area contributed by atoms with Gasteiger partial charge >= 0.3 is 0 Å². The molecule has 0 bridgehead atoms. The molecular formula is C24H31N3O3S. The maximum absolute atomic E-state index is 13.0. The van der Waals surface area contributed by atoms with Crippen LogP contribution in [0.5, 0.6) is 0 Å². The number of amides is 1. The van der Waals surface area contributed by atoms with E-state index in [0.717, 1.165) is 24.3 Å². The van der Waals surface area contributed by atoms with Crippen molar-refractivity contribution < 1.29 is 13.2 Å². The third-order valence-corrected chi connectivity index (χ3v) is 8.15. The minimum atomic E-state index is -3.59. The van der Waals surface area contributed by atoms with E-state index in [0.29, 0.717) is 19.4 Å². The Morgan fingerprint density at radius 2 is 1.58 bits per heavy atom. The van der Waals surface area contributed by atoms with Gasteiger partial charge in [-0.05, 0) is 75.4 Å². The lowest BCUT2D eigenvalue weighted by Crippen LogP contribution is -2.43. The van der Waals surface area contributed by atoms with Gasteiger partial charge in [-0.1, -0.05) is 17.7 Å². The molecule has 7 heteroatoms. The van der Waals surface area contributed by atoms with E-state index in [2.05, 4.69) is 22.3 Å². The zero-order valence-corrected chi connectivity index (χ0v) is 18.9. The number of benzene rings is 2. The lowest BCUT2D eigenvalue weighted by Gasteiger charge is -2.31. The van der Waals surface area contributed by atoms with E-state index >= 15 is 0 Å². The second-order valence-electron chi connectivity index (χ2n) is 8.60. The number of aryl methyl sites for hydroxylation is 1. The minimum Gasteiger partial charge on any atom is -0.372 e. The van der Waals surface area contributed by atoms with E-state index in [-0.39, 0.29) is 23.3 Å². The van der Waals surface area contributed by atoms with Crippen molar-refractivity contribution >= 4 is 27.3 Å². The monoisotopic (exact) mass is 441 g/mol. The third kappa shape index (κ3) is 5.10. The summed E-state index contributed by atoms with van der Waals surface area (Å²) < 4.78 is 27.5. The highest BCUT2D eigenvalue weighted by Gasteiger charge is 2.33. The lowest BCUT2D eigenvalue weighted by atomic mass is 9.98. The second-order valence-corrected chi connectivity index (χ2v) is 10.5. The van der Waals surface area contributed by atoms with Crippen LogP contribution in [0.4, 0.5) is 11.4 Å². The molecule has 31 heavy (non-hydrogen) atoms. The molecule has 2 aromatic carbocycles. The normalized spacial score (nSPS) is 20.4. The Morgan fingerprint density at radius 3 is 2.26 bits per heavy atom. The second kappa shape index (κ2) is 9.40. The predicted molar refractivity (Wildman–Crippen MR) is 124 cm³/mol. The highest BCUT2D eigenvalue weighted by Crippen LogP contribution is 2.26. The van der Waals surface area contributed by atoms with Gasteiger partial charge in [0.2, 0.25) is 15.9 Å². The number of piperidine rings is 2. The van der Waals surface area contributed by atoms with Crippen molar-refractivity contribution in [2.45, 2.75) is 43.9 Å². The summed E-state index contributed by atoms with van der Waals surface area (Å²) in [5.41, 5.74) is 2.95. The SMILES string of the molecule is Cc1ccc(S(=O)(=O)N2CCCC(C(=O)Nc3ccc(N4CCCCC4)cc3)C2)cc1. The summed E-state index contributed by atoms with van der Waals surface area (Å²) in [6.45, 7) is 4.76. The molecule has 1 amide bonds. The van der Waals surface area contributed by atoms with Gasteiger partial charge in [0.05, 0.1) is 10.8 Å². The Bertz CT molecular complexity index is 997. The van der Waals surface area contributed by atoms with Crippen LogP contribution in [0, 0.1) is 12.8 Å². The highest BCUT2D eigenvalue weighted by atomic mass is 32.2. The smallest absolute Gasteiger partial charge is 0.243 e. The number of nitrogens with one attached hydrogen (secondary N) is 1. The molecule has 2 fully saturated rings. The molecule has 0 spiro atoms. The first-order chi connectivity index (χ1) is 14.9. The number of hydrogen-bond acceptors (Lipinski definition) is 4. The van der Waals surface area contributed by atoms with E-state index in [4.69, 9.17) is 0 Å². The molecule has 2 saturated heterocycles. The number of nitrogens with zero attached hydrogens (tertiary/aromatic N) is 2. The summed E-state index contributed by atoms with van der Waals surface area (Å²) >= 11 is 0. The average Bonchev–Trinajstić information content (AvgIpc) is 2.80.